The summed E-state index contributed by atoms with van der Waals surface area (Å²) in [6.45, 7) is 4.71. The molecule has 1 aromatic heterocycles. The second-order valence-corrected chi connectivity index (χ2v) is 6.64. The van der Waals surface area contributed by atoms with Crippen LogP contribution in [0.2, 0.25) is 0 Å². The number of aromatic amines is 1. The normalized spacial score (nSPS) is 18.7. The number of aromatic nitrogens is 1. The molecule has 4 nitrogen and oxygen atoms in total. The van der Waals surface area contributed by atoms with E-state index in [1.807, 2.05) is 6.92 Å². The molecule has 0 saturated carbocycles. The Hall–Kier alpha value is -1.88. The summed E-state index contributed by atoms with van der Waals surface area (Å²) in [6, 6.07) is 4.80. The third-order valence-electron chi connectivity index (χ3n) is 4.74. The maximum atomic E-state index is 13.3. The van der Waals surface area contributed by atoms with E-state index in [2.05, 4.69) is 22.2 Å². The van der Waals surface area contributed by atoms with E-state index >= 15 is 0 Å². The number of rotatable bonds is 5. The molecule has 2 heterocycles. The summed E-state index contributed by atoms with van der Waals surface area (Å²) in [7, 11) is 2.10. The van der Waals surface area contributed by atoms with E-state index in [1.165, 1.54) is 12.1 Å². The number of carbonyl (C=O) groups excluding carboxylic acids is 1. The number of amides is 1. The van der Waals surface area contributed by atoms with Crippen LogP contribution in [0.4, 0.5) is 4.39 Å². The molecule has 3 rings (SSSR count). The van der Waals surface area contributed by atoms with E-state index in [0.717, 1.165) is 48.1 Å². The van der Waals surface area contributed by atoms with Gasteiger partial charge in [0.05, 0.1) is 0 Å². The van der Waals surface area contributed by atoms with Gasteiger partial charge in [-0.2, -0.15) is 0 Å². The summed E-state index contributed by atoms with van der Waals surface area (Å²) in [5, 5.41) is 4.06. The molecule has 0 bridgehead atoms. The molecule has 0 radical (unpaired) electrons. The first-order valence-corrected chi connectivity index (χ1v) is 8.25. The molecule has 5 heteroatoms. The van der Waals surface area contributed by atoms with Gasteiger partial charge in [-0.3, -0.25) is 4.79 Å². The lowest BCUT2D eigenvalue weighted by atomic mass is 10.0. The Morgan fingerprint density at radius 3 is 3.04 bits per heavy atom. The Morgan fingerprint density at radius 1 is 1.48 bits per heavy atom. The molecular weight excluding hydrogens is 293 g/mol. The summed E-state index contributed by atoms with van der Waals surface area (Å²) in [5.41, 5.74) is 3.01. The lowest BCUT2D eigenvalue weighted by Crippen LogP contribution is -2.28. The van der Waals surface area contributed by atoms with Gasteiger partial charge in [0.2, 0.25) is 5.91 Å². The fourth-order valence-electron chi connectivity index (χ4n) is 3.54. The average Bonchev–Trinajstić information content (AvgIpc) is 3.02. The van der Waals surface area contributed by atoms with Gasteiger partial charge in [0.15, 0.2) is 0 Å². The van der Waals surface area contributed by atoms with Gasteiger partial charge < -0.3 is 15.2 Å². The zero-order valence-corrected chi connectivity index (χ0v) is 13.8. The van der Waals surface area contributed by atoms with Crippen LogP contribution in [0.25, 0.3) is 10.9 Å². The van der Waals surface area contributed by atoms with E-state index in [0.29, 0.717) is 18.9 Å². The lowest BCUT2D eigenvalue weighted by Gasteiger charge is -2.11. The van der Waals surface area contributed by atoms with Gasteiger partial charge in [0, 0.05) is 36.1 Å². The van der Waals surface area contributed by atoms with Gasteiger partial charge in [-0.1, -0.05) is 0 Å². The van der Waals surface area contributed by atoms with Crippen molar-refractivity contribution in [3.63, 3.8) is 0 Å². The van der Waals surface area contributed by atoms with E-state index in [-0.39, 0.29) is 11.7 Å². The third-order valence-corrected chi connectivity index (χ3v) is 4.74. The summed E-state index contributed by atoms with van der Waals surface area (Å²) >= 11 is 0. The van der Waals surface area contributed by atoms with Crippen LogP contribution < -0.4 is 5.32 Å². The summed E-state index contributed by atoms with van der Waals surface area (Å²) < 4.78 is 13.3. The molecule has 0 spiro atoms. The van der Waals surface area contributed by atoms with Crippen molar-refractivity contribution in [2.75, 3.05) is 26.7 Å². The molecule has 1 atom stereocenters. The minimum absolute atomic E-state index is 0.133. The van der Waals surface area contributed by atoms with Crippen LogP contribution in [0.5, 0.6) is 0 Å². The van der Waals surface area contributed by atoms with Crippen LogP contribution in [0.3, 0.4) is 0 Å². The fraction of sp³-hybridized carbons (Fsp3) is 0.500. The van der Waals surface area contributed by atoms with Crippen LogP contribution in [0.15, 0.2) is 18.2 Å². The highest BCUT2D eigenvalue weighted by molar-refractivity contribution is 5.84. The second kappa shape index (κ2) is 6.71. The first-order chi connectivity index (χ1) is 11.0. The first kappa shape index (κ1) is 16.0. The topological polar surface area (TPSA) is 48.1 Å². The molecule has 1 unspecified atom stereocenters. The largest absolute Gasteiger partial charge is 0.358 e. The minimum Gasteiger partial charge on any atom is -0.358 e. The van der Waals surface area contributed by atoms with Gasteiger partial charge in [-0.15, -0.1) is 0 Å². The molecule has 1 aromatic carbocycles. The average molecular weight is 317 g/mol. The SMILES string of the molecule is Cc1[nH]c2cc(F)ccc2c1CCNC(=O)CC1CCN(C)C1. The van der Waals surface area contributed by atoms with Gasteiger partial charge in [-0.05, 0) is 63.0 Å². The van der Waals surface area contributed by atoms with Crippen molar-refractivity contribution < 1.29 is 9.18 Å². The van der Waals surface area contributed by atoms with Crippen molar-refractivity contribution in [1.82, 2.24) is 15.2 Å². The Kier molecular flexibility index (Phi) is 4.66. The standard InChI is InChI=1S/C18H24FN3O/c1-12-15(16-4-3-14(19)10-17(16)21-12)5-7-20-18(23)9-13-6-8-22(2)11-13/h3-4,10,13,21H,5-9,11H2,1-2H3,(H,20,23). The predicted octanol–water partition coefficient (Wildman–Crippen LogP) is 2.62. The monoisotopic (exact) mass is 317 g/mol. The van der Waals surface area contributed by atoms with Crippen molar-refractivity contribution in [2.24, 2.45) is 5.92 Å². The van der Waals surface area contributed by atoms with Crippen LogP contribution in [-0.4, -0.2) is 42.5 Å². The molecule has 23 heavy (non-hydrogen) atoms. The summed E-state index contributed by atoms with van der Waals surface area (Å²) in [5.74, 6) is 0.381. The van der Waals surface area contributed by atoms with Gasteiger partial charge >= 0.3 is 0 Å². The molecule has 1 amide bonds. The smallest absolute Gasteiger partial charge is 0.220 e. The van der Waals surface area contributed by atoms with Crippen molar-refractivity contribution in [3.8, 4) is 0 Å². The van der Waals surface area contributed by atoms with Gasteiger partial charge in [-0.25, -0.2) is 4.39 Å². The maximum Gasteiger partial charge on any atom is 0.220 e. The van der Waals surface area contributed by atoms with Crippen LogP contribution in [-0.2, 0) is 11.2 Å². The van der Waals surface area contributed by atoms with Crippen LogP contribution >= 0.6 is 0 Å². The first-order valence-electron chi connectivity index (χ1n) is 8.25. The number of halogens is 1. The number of hydrogen-bond donors (Lipinski definition) is 2. The molecule has 124 valence electrons. The van der Waals surface area contributed by atoms with Crippen molar-refractivity contribution in [2.45, 2.75) is 26.2 Å². The summed E-state index contributed by atoms with van der Waals surface area (Å²) in [4.78, 5) is 17.5. The predicted molar refractivity (Wildman–Crippen MR) is 89.9 cm³/mol. The molecular formula is C18H24FN3O. The molecule has 0 aliphatic carbocycles. The van der Waals surface area contributed by atoms with E-state index in [1.54, 1.807) is 6.07 Å². The lowest BCUT2D eigenvalue weighted by molar-refractivity contribution is -0.121. The number of H-pyrrole nitrogens is 1. The van der Waals surface area contributed by atoms with E-state index in [4.69, 9.17) is 0 Å². The Labute approximate surface area is 136 Å². The Morgan fingerprint density at radius 2 is 2.30 bits per heavy atom. The maximum absolute atomic E-state index is 13.3. The highest BCUT2D eigenvalue weighted by Gasteiger charge is 2.21. The molecule has 1 saturated heterocycles. The molecule has 1 fully saturated rings. The number of hydrogen-bond acceptors (Lipinski definition) is 2. The minimum atomic E-state index is -0.236. The number of aryl methyl sites for hydroxylation is 1. The quantitative estimate of drug-likeness (QED) is 0.890. The number of nitrogens with one attached hydrogen (secondary N) is 2. The highest BCUT2D eigenvalue weighted by atomic mass is 19.1. The highest BCUT2D eigenvalue weighted by Crippen LogP contribution is 2.23. The molecule has 1 aliphatic heterocycles. The van der Waals surface area contributed by atoms with Crippen molar-refractivity contribution in [1.29, 1.82) is 0 Å². The van der Waals surface area contributed by atoms with Gasteiger partial charge in [0.1, 0.15) is 5.82 Å². The summed E-state index contributed by atoms with van der Waals surface area (Å²) in [6.07, 6.45) is 2.48. The van der Waals surface area contributed by atoms with Crippen LogP contribution in [0.1, 0.15) is 24.1 Å². The number of nitrogens with zero attached hydrogens (tertiary/aromatic N) is 1. The van der Waals surface area contributed by atoms with E-state index < -0.39 is 0 Å². The number of carbonyl (C=O) groups is 1. The third kappa shape index (κ3) is 3.72. The molecule has 2 aromatic rings. The Balaban J connectivity index is 1.54. The number of fused-ring (bicyclic) bond motifs is 1. The van der Waals surface area contributed by atoms with Crippen molar-refractivity contribution in [3.05, 3.63) is 35.3 Å². The van der Waals surface area contributed by atoms with Crippen molar-refractivity contribution >= 4 is 16.8 Å². The molecule has 2 N–H and O–H groups in total. The van der Waals surface area contributed by atoms with Gasteiger partial charge in [0.25, 0.3) is 0 Å². The van der Waals surface area contributed by atoms with Crippen LogP contribution in [0, 0.1) is 18.7 Å². The zero-order chi connectivity index (χ0) is 16.4. The number of likely N-dealkylation sites (tertiary alicyclic amines) is 1. The zero-order valence-electron chi connectivity index (χ0n) is 13.8. The Bertz CT molecular complexity index is 710. The van der Waals surface area contributed by atoms with E-state index in [9.17, 15) is 9.18 Å². The molecule has 1 aliphatic rings. The number of benzene rings is 1. The second-order valence-electron chi connectivity index (χ2n) is 6.64. The fourth-order valence-corrected chi connectivity index (χ4v) is 3.54.